The summed E-state index contributed by atoms with van der Waals surface area (Å²) in [5.74, 6) is 0. The van der Waals surface area contributed by atoms with Gasteiger partial charge in [-0.25, -0.2) is 0 Å². The van der Waals surface area contributed by atoms with E-state index >= 15 is 0 Å². The van der Waals surface area contributed by atoms with E-state index in [0.29, 0.717) is 6.04 Å². The van der Waals surface area contributed by atoms with Gasteiger partial charge in [0.25, 0.3) is 0 Å². The third-order valence-electron chi connectivity index (χ3n) is 3.10. The fourth-order valence-electron chi connectivity index (χ4n) is 1.97. The smallest absolute Gasteiger partial charge is 0.152 e. The van der Waals surface area contributed by atoms with E-state index in [1.807, 2.05) is 24.3 Å². The lowest BCUT2D eigenvalue weighted by Crippen LogP contribution is -2.19. The Morgan fingerprint density at radius 2 is 2.00 bits per heavy atom. The fourth-order valence-corrected chi connectivity index (χ4v) is 1.97. The van der Waals surface area contributed by atoms with Crippen LogP contribution < -0.4 is 5.32 Å². The maximum Gasteiger partial charge on any atom is 0.152 e. The highest BCUT2D eigenvalue weighted by Crippen LogP contribution is 2.17. The second-order valence-corrected chi connectivity index (χ2v) is 4.45. The van der Waals surface area contributed by atoms with E-state index in [1.165, 1.54) is 25.7 Å². The molecule has 1 atom stereocenters. The van der Waals surface area contributed by atoms with Gasteiger partial charge in [-0.3, -0.25) is 4.79 Å². The minimum Gasteiger partial charge on any atom is -0.382 e. The minimum atomic E-state index is 0.475. The van der Waals surface area contributed by atoms with Gasteiger partial charge in [0.1, 0.15) is 0 Å². The summed E-state index contributed by atoms with van der Waals surface area (Å²) >= 11 is 0. The predicted octanol–water partition coefficient (Wildman–Crippen LogP) is 4.27. The predicted molar refractivity (Wildman–Crippen MR) is 73.7 cm³/mol. The number of aldehydes is 1. The second kappa shape index (κ2) is 7.88. The molecule has 1 aromatic carbocycles. The van der Waals surface area contributed by atoms with Crippen LogP contribution >= 0.6 is 0 Å². The molecule has 17 heavy (non-hydrogen) atoms. The van der Waals surface area contributed by atoms with Crippen LogP contribution in [0.25, 0.3) is 0 Å². The first-order valence-corrected chi connectivity index (χ1v) is 6.62. The van der Waals surface area contributed by atoms with Crippen LogP contribution in [0.15, 0.2) is 24.3 Å². The van der Waals surface area contributed by atoms with E-state index in [9.17, 15) is 4.79 Å². The Morgan fingerprint density at radius 3 is 2.65 bits per heavy atom. The summed E-state index contributed by atoms with van der Waals surface area (Å²) in [6.07, 6.45) is 6.98. The molecule has 0 aromatic heterocycles. The molecular weight excluding hydrogens is 210 g/mol. The third kappa shape index (κ3) is 4.59. The molecule has 1 N–H and O–H groups in total. The van der Waals surface area contributed by atoms with Crippen LogP contribution in [-0.2, 0) is 0 Å². The van der Waals surface area contributed by atoms with Crippen LogP contribution in [0.1, 0.15) is 56.3 Å². The first-order chi connectivity index (χ1) is 8.31. The molecule has 0 spiro atoms. The molecule has 94 valence electrons. The van der Waals surface area contributed by atoms with Crippen molar-refractivity contribution in [2.45, 2.75) is 52.0 Å². The molecule has 0 bridgehead atoms. The molecule has 0 saturated heterocycles. The summed E-state index contributed by atoms with van der Waals surface area (Å²) in [6.45, 7) is 4.41. The van der Waals surface area contributed by atoms with E-state index in [2.05, 4.69) is 19.2 Å². The zero-order valence-corrected chi connectivity index (χ0v) is 10.9. The quantitative estimate of drug-likeness (QED) is 0.536. The van der Waals surface area contributed by atoms with Crippen molar-refractivity contribution in [3.8, 4) is 0 Å². The summed E-state index contributed by atoms with van der Waals surface area (Å²) in [5.41, 5.74) is 1.72. The van der Waals surface area contributed by atoms with E-state index < -0.39 is 0 Å². The van der Waals surface area contributed by atoms with Crippen molar-refractivity contribution in [2.75, 3.05) is 5.32 Å². The third-order valence-corrected chi connectivity index (χ3v) is 3.10. The number of nitrogens with one attached hydrogen (secondary N) is 1. The normalized spacial score (nSPS) is 12.1. The van der Waals surface area contributed by atoms with Gasteiger partial charge >= 0.3 is 0 Å². The van der Waals surface area contributed by atoms with Crippen molar-refractivity contribution in [1.29, 1.82) is 0 Å². The van der Waals surface area contributed by atoms with Crippen LogP contribution in [0.3, 0.4) is 0 Å². The van der Waals surface area contributed by atoms with Crippen molar-refractivity contribution in [2.24, 2.45) is 0 Å². The molecule has 0 fully saturated rings. The largest absolute Gasteiger partial charge is 0.382 e. The monoisotopic (exact) mass is 233 g/mol. The number of rotatable bonds is 8. The van der Waals surface area contributed by atoms with Gasteiger partial charge in [0.05, 0.1) is 0 Å². The zero-order valence-electron chi connectivity index (χ0n) is 10.9. The average Bonchev–Trinajstić information content (AvgIpc) is 2.38. The van der Waals surface area contributed by atoms with Gasteiger partial charge in [-0.1, -0.05) is 45.2 Å². The topological polar surface area (TPSA) is 29.1 Å². The van der Waals surface area contributed by atoms with Gasteiger partial charge in [0, 0.05) is 17.3 Å². The maximum absolute atomic E-state index is 10.9. The molecule has 0 radical (unpaired) electrons. The first kappa shape index (κ1) is 13.8. The van der Waals surface area contributed by atoms with Crippen LogP contribution in [0, 0.1) is 0 Å². The van der Waals surface area contributed by atoms with Gasteiger partial charge in [-0.15, -0.1) is 0 Å². The molecule has 1 unspecified atom stereocenters. The molecule has 1 aromatic rings. The van der Waals surface area contributed by atoms with Crippen LogP contribution in [0.5, 0.6) is 0 Å². The Kier molecular flexibility index (Phi) is 6.38. The molecule has 2 nitrogen and oxygen atoms in total. The Morgan fingerprint density at radius 1 is 1.24 bits per heavy atom. The number of hydrogen-bond acceptors (Lipinski definition) is 2. The van der Waals surface area contributed by atoms with Gasteiger partial charge in [-0.2, -0.15) is 0 Å². The van der Waals surface area contributed by atoms with Crippen molar-refractivity contribution >= 4 is 12.0 Å². The number of anilines is 1. The summed E-state index contributed by atoms with van der Waals surface area (Å²) in [5, 5.41) is 3.48. The molecule has 0 saturated carbocycles. The number of benzene rings is 1. The van der Waals surface area contributed by atoms with Gasteiger partial charge in [0.2, 0.25) is 0 Å². The van der Waals surface area contributed by atoms with Gasteiger partial charge in [-0.05, 0) is 25.0 Å². The molecule has 0 heterocycles. The average molecular weight is 233 g/mol. The van der Waals surface area contributed by atoms with E-state index in [1.54, 1.807) is 0 Å². The summed E-state index contributed by atoms with van der Waals surface area (Å²) in [7, 11) is 0. The second-order valence-electron chi connectivity index (χ2n) is 4.45. The highest BCUT2D eigenvalue weighted by Gasteiger charge is 2.07. The number of carbonyl (C=O) groups excluding carboxylic acids is 1. The Labute approximate surface area is 104 Å². The zero-order chi connectivity index (χ0) is 12.5. The van der Waals surface area contributed by atoms with Crippen molar-refractivity contribution in [3.05, 3.63) is 29.8 Å². The molecule has 0 amide bonds. The van der Waals surface area contributed by atoms with E-state index in [-0.39, 0.29) is 0 Å². The van der Waals surface area contributed by atoms with Crippen molar-refractivity contribution in [3.63, 3.8) is 0 Å². The van der Waals surface area contributed by atoms with Crippen molar-refractivity contribution < 1.29 is 4.79 Å². The molecule has 2 heteroatoms. The van der Waals surface area contributed by atoms with E-state index in [4.69, 9.17) is 0 Å². The lowest BCUT2D eigenvalue weighted by atomic mass is 10.0. The molecule has 0 aliphatic rings. The van der Waals surface area contributed by atoms with E-state index in [0.717, 1.165) is 24.0 Å². The lowest BCUT2D eigenvalue weighted by molar-refractivity contribution is 0.112. The number of hydrogen-bond donors (Lipinski definition) is 1. The van der Waals surface area contributed by atoms with Crippen LogP contribution in [0.4, 0.5) is 5.69 Å². The highest BCUT2D eigenvalue weighted by molar-refractivity contribution is 5.84. The van der Waals surface area contributed by atoms with Crippen LogP contribution in [-0.4, -0.2) is 12.3 Å². The number of para-hydroxylation sites is 1. The van der Waals surface area contributed by atoms with Crippen molar-refractivity contribution in [1.82, 2.24) is 0 Å². The van der Waals surface area contributed by atoms with Crippen LogP contribution in [0.2, 0.25) is 0 Å². The Balaban J connectivity index is 2.57. The lowest BCUT2D eigenvalue weighted by Gasteiger charge is -2.19. The summed E-state index contributed by atoms with van der Waals surface area (Å²) in [6, 6.07) is 8.17. The van der Waals surface area contributed by atoms with Gasteiger partial charge in [0.15, 0.2) is 6.29 Å². The molecule has 0 aliphatic heterocycles. The Hall–Kier alpha value is -1.31. The minimum absolute atomic E-state index is 0.475. The summed E-state index contributed by atoms with van der Waals surface area (Å²) in [4.78, 5) is 10.9. The maximum atomic E-state index is 10.9. The Bertz CT molecular complexity index is 335. The first-order valence-electron chi connectivity index (χ1n) is 6.62. The fraction of sp³-hybridized carbons (Fsp3) is 0.533. The highest BCUT2D eigenvalue weighted by atomic mass is 16.1. The number of unbranched alkanes of at least 4 members (excludes halogenated alkanes) is 2. The molecule has 1 rings (SSSR count). The van der Waals surface area contributed by atoms with Gasteiger partial charge < -0.3 is 5.32 Å². The SMILES string of the molecule is CCCCCC(CC)Nc1ccccc1C=O. The molecular formula is C15H23NO. The summed E-state index contributed by atoms with van der Waals surface area (Å²) < 4.78 is 0. The number of carbonyl (C=O) groups is 1. The standard InChI is InChI=1S/C15H23NO/c1-3-5-6-10-14(4-2)16-15-11-8-7-9-13(15)12-17/h7-9,11-12,14,16H,3-6,10H2,1-2H3. The molecule has 0 aliphatic carbocycles.